The maximum Gasteiger partial charge on any atom is 0.264 e. The molecule has 2 amide bonds. The molecule has 42 heavy (non-hydrogen) atoms. The van der Waals surface area contributed by atoms with Gasteiger partial charge in [0.15, 0.2) is 0 Å². The molecule has 0 aliphatic rings. The number of hydrogen-bond acceptors (Lipinski definition) is 6. The lowest BCUT2D eigenvalue weighted by atomic mass is 10.1. The van der Waals surface area contributed by atoms with E-state index in [4.69, 9.17) is 32.7 Å². The summed E-state index contributed by atoms with van der Waals surface area (Å²) in [5.41, 5.74) is 0.718. The van der Waals surface area contributed by atoms with Gasteiger partial charge in [-0.15, -0.1) is 0 Å². The number of benzene rings is 3. The van der Waals surface area contributed by atoms with Gasteiger partial charge in [0.05, 0.1) is 24.8 Å². The third kappa shape index (κ3) is 7.87. The van der Waals surface area contributed by atoms with Crippen LogP contribution in [0.15, 0.2) is 71.6 Å². The highest BCUT2D eigenvalue weighted by molar-refractivity contribution is 7.92. The average molecular weight is 637 g/mol. The number of ether oxygens (including phenoxy) is 2. The van der Waals surface area contributed by atoms with Gasteiger partial charge in [-0.3, -0.25) is 13.9 Å². The molecule has 0 aliphatic heterocycles. The molecule has 0 unspecified atom stereocenters. The number of amides is 2. The van der Waals surface area contributed by atoms with Gasteiger partial charge in [-0.25, -0.2) is 8.42 Å². The van der Waals surface area contributed by atoms with Crippen LogP contribution in [-0.4, -0.2) is 58.5 Å². The molecule has 1 atom stereocenters. The van der Waals surface area contributed by atoms with Crippen molar-refractivity contribution in [2.75, 3.05) is 31.6 Å². The monoisotopic (exact) mass is 635 g/mol. The third-order valence-corrected chi connectivity index (χ3v) is 8.93. The van der Waals surface area contributed by atoms with Gasteiger partial charge in [0.25, 0.3) is 10.0 Å². The molecule has 1 N–H and O–H groups in total. The number of hydrogen-bond donors (Lipinski definition) is 1. The Morgan fingerprint density at radius 3 is 2.24 bits per heavy atom. The number of para-hydroxylation sites is 2. The van der Waals surface area contributed by atoms with Gasteiger partial charge in [-0.2, -0.15) is 0 Å². The molecule has 226 valence electrons. The Morgan fingerprint density at radius 2 is 1.64 bits per heavy atom. The molecule has 3 aromatic rings. The molecular weight excluding hydrogens is 601 g/mol. The van der Waals surface area contributed by atoms with E-state index in [0.29, 0.717) is 34.3 Å². The van der Waals surface area contributed by atoms with E-state index in [-0.39, 0.29) is 35.2 Å². The molecule has 9 nitrogen and oxygen atoms in total. The minimum absolute atomic E-state index is 0.0464. The van der Waals surface area contributed by atoms with Gasteiger partial charge in [0, 0.05) is 23.1 Å². The normalized spacial score (nSPS) is 11.9. The van der Waals surface area contributed by atoms with Crippen LogP contribution in [0, 0.1) is 0 Å². The Labute approximate surface area is 257 Å². The predicted octanol–water partition coefficient (Wildman–Crippen LogP) is 5.54. The Kier molecular flexibility index (Phi) is 11.9. The van der Waals surface area contributed by atoms with Crippen LogP contribution >= 0.6 is 23.2 Å². The summed E-state index contributed by atoms with van der Waals surface area (Å²) >= 11 is 12.5. The number of rotatable bonds is 14. The van der Waals surface area contributed by atoms with Crippen LogP contribution in [0.2, 0.25) is 10.0 Å². The SMILES string of the molecule is CCCNC(=O)[C@@H](CC)N(Cc1ccc(Cl)cc1Cl)C(=O)CN(c1ccccc1OC)S(=O)(=O)c1ccc(OC)cc1. The quantitative estimate of drug-likeness (QED) is 0.249. The second kappa shape index (κ2) is 15.1. The summed E-state index contributed by atoms with van der Waals surface area (Å²) < 4.78 is 39.8. The summed E-state index contributed by atoms with van der Waals surface area (Å²) in [7, 11) is -1.39. The number of carbonyl (C=O) groups is 2. The van der Waals surface area contributed by atoms with Crippen LogP contribution in [0.3, 0.4) is 0 Å². The van der Waals surface area contributed by atoms with Crippen molar-refractivity contribution in [2.45, 2.75) is 44.2 Å². The van der Waals surface area contributed by atoms with Crippen molar-refractivity contribution in [2.24, 2.45) is 0 Å². The number of sulfonamides is 1. The van der Waals surface area contributed by atoms with Gasteiger partial charge in [-0.05, 0) is 66.9 Å². The number of nitrogens with zero attached hydrogens (tertiary/aromatic N) is 2. The van der Waals surface area contributed by atoms with Crippen molar-refractivity contribution in [3.05, 3.63) is 82.3 Å². The van der Waals surface area contributed by atoms with E-state index in [9.17, 15) is 18.0 Å². The second-order valence-corrected chi connectivity index (χ2v) is 12.0. The van der Waals surface area contributed by atoms with Crippen molar-refractivity contribution in [1.29, 1.82) is 0 Å². The Hall–Kier alpha value is -3.47. The fourth-order valence-corrected chi connectivity index (χ4v) is 6.24. The largest absolute Gasteiger partial charge is 0.497 e. The van der Waals surface area contributed by atoms with Gasteiger partial charge in [0.1, 0.15) is 24.1 Å². The molecule has 0 saturated heterocycles. The lowest BCUT2D eigenvalue weighted by Gasteiger charge is -2.33. The van der Waals surface area contributed by atoms with Crippen LogP contribution in [-0.2, 0) is 26.2 Å². The zero-order valence-corrected chi connectivity index (χ0v) is 26.3. The Bertz CT molecular complexity index is 1480. The van der Waals surface area contributed by atoms with E-state index in [1.54, 1.807) is 49.4 Å². The van der Waals surface area contributed by atoms with Gasteiger partial charge in [0.2, 0.25) is 11.8 Å². The molecule has 3 rings (SSSR count). The maximum atomic E-state index is 14.2. The Morgan fingerprint density at radius 1 is 0.952 bits per heavy atom. The van der Waals surface area contributed by atoms with Crippen LogP contribution in [0.5, 0.6) is 11.5 Å². The van der Waals surface area contributed by atoms with Crippen LogP contribution in [0.25, 0.3) is 0 Å². The van der Waals surface area contributed by atoms with Crippen molar-refractivity contribution in [3.63, 3.8) is 0 Å². The molecule has 0 radical (unpaired) electrons. The fraction of sp³-hybridized carbons (Fsp3) is 0.333. The highest BCUT2D eigenvalue weighted by Gasteiger charge is 2.35. The van der Waals surface area contributed by atoms with Gasteiger partial charge < -0.3 is 19.7 Å². The van der Waals surface area contributed by atoms with Crippen LogP contribution in [0.1, 0.15) is 32.3 Å². The fourth-order valence-electron chi connectivity index (χ4n) is 4.34. The highest BCUT2D eigenvalue weighted by Crippen LogP contribution is 2.33. The topological polar surface area (TPSA) is 105 Å². The molecule has 0 saturated carbocycles. The van der Waals surface area contributed by atoms with Crippen molar-refractivity contribution >= 4 is 50.7 Å². The molecule has 0 spiro atoms. The molecule has 0 bridgehead atoms. The standard InChI is InChI=1S/C30H35Cl2N3O6S/c1-5-17-33-30(37)26(6-2)34(19-21-11-12-22(31)18-25(21)32)29(36)20-35(27-9-7-8-10-28(27)41-4)42(38,39)24-15-13-23(40-3)14-16-24/h7-16,18,26H,5-6,17,19-20H2,1-4H3,(H,33,37)/t26-/m1/s1. The van der Waals surface area contributed by atoms with E-state index in [0.717, 1.165) is 4.31 Å². The number of carbonyl (C=O) groups excluding carboxylic acids is 2. The lowest BCUT2D eigenvalue weighted by Crippen LogP contribution is -2.52. The summed E-state index contributed by atoms with van der Waals surface area (Å²) in [5, 5.41) is 3.58. The van der Waals surface area contributed by atoms with E-state index in [1.165, 1.54) is 43.4 Å². The number of anilines is 1. The summed E-state index contributed by atoms with van der Waals surface area (Å²) in [6.07, 6.45) is 0.993. The van der Waals surface area contributed by atoms with E-state index in [2.05, 4.69) is 5.32 Å². The van der Waals surface area contributed by atoms with Gasteiger partial charge >= 0.3 is 0 Å². The van der Waals surface area contributed by atoms with E-state index < -0.39 is 28.5 Å². The first-order valence-corrected chi connectivity index (χ1v) is 15.6. The molecular formula is C30H35Cl2N3O6S. The van der Waals surface area contributed by atoms with Crippen LogP contribution < -0.4 is 19.1 Å². The molecule has 12 heteroatoms. The number of halogens is 2. The molecule has 0 fully saturated rings. The van der Waals surface area contributed by atoms with Crippen molar-refractivity contribution in [3.8, 4) is 11.5 Å². The van der Waals surface area contributed by atoms with Crippen molar-refractivity contribution < 1.29 is 27.5 Å². The maximum absolute atomic E-state index is 14.2. The third-order valence-electron chi connectivity index (χ3n) is 6.57. The van der Waals surface area contributed by atoms with E-state index >= 15 is 0 Å². The van der Waals surface area contributed by atoms with Gasteiger partial charge in [-0.1, -0.05) is 55.2 Å². The number of nitrogens with one attached hydrogen (secondary N) is 1. The van der Waals surface area contributed by atoms with Crippen molar-refractivity contribution in [1.82, 2.24) is 10.2 Å². The molecule has 0 heterocycles. The van der Waals surface area contributed by atoms with E-state index in [1.807, 2.05) is 6.92 Å². The smallest absolute Gasteiger partial charge is 0.264 e. The molecule has 3 aromatic carbocycles. The zero-order valence-electron chi connectivity index (χ0n) is 24.0. The minimum atomic E-state index is -4.29. The zero-order chi connectivity index (χ0) is 30.9. The summed E-state index contributed by atoms with van der Waals surface area (Å²) in [5.74, 6) is -0.228. The highest BCUT2D eigenvalue weighted by atomic mass is 35.5. The summed E-state index contributed by atoms with van der Waals surface area (Å²) in [4.78, 5) is 28.7. The lowest BCUT2D eigenvalue weighted by molar-refractivity contribution is -0.140. The first-order valence-electron chi connectivity index (χ1n) is 13.4. The first kappa shape index (κ1) is 33.0. The number of methoxy groups -OCH3 is 2. The second-order valence-electron chi connectivity index (χ2n) is 9.33. The molecule has 0 aliphatic carbocycles. The van der Waals surface area contributed by atoms with Crippen LogP contribution in [0.4, 0.5) is 5.69 Å². The summed E-state index contributed by atoms with van der Waals surface area (Å²) in [6.45, 7) is 3.48. The molecule has 0 aromatic heterocycles. The average Bonchev–Trinajstić information content (AvgIpc) is 2.99. The summed E-state index contributed by atoms with van der Waals surface area (Å²) in [6, 6.07) is 16.3. The predicted molar refractivity (Wildman–Crippen MR) is 165 cm³/mol. The first-order chi connectivity index (χ1) is 20.1. The Balaban J connectivity index is 2.11. The minimum Gasteiger partial charge on any atom is -0.497 e.